The average molecular weight is 370 g/mol. The Morgan fingerprint density at radius 3 is 2.28 bits per heavy atom. The predicted octanol–water partition coefficient (Wildman–Crippen LogP) is 5.27. The van der Waals surface area contributed by atoms with Crippen LogP contribution in [0.15, 0.2) is 30.3 Å². The van der Waals surface area contributed by atoms with Crippen LogP contribution in [0.1, 0.15) is 36.3 Å². The zero-order chi connectivity index (χ0) is 18.7. The molecule has 0 fully saturated rings. The molecule has 2 atom stereocenters. The third-order valence-electron chi connectivity index (χ3n) is 3.79. The highest BCUT2D eigenvalue weighted by atomic mass is 35.5. The van der Waals surface area contributed by atoms with Crippen molar-refractivity contribution in [3.8, 4) is 6.07 Å². The summed E-state index contributed by atoms with van der Waals surface area (Å²) in [5.41, 5.74) is -0.523. The van der Waals surface area contributed by atoms with Crippen LogP contribution in [-0.4, -0.2) is 5.78 Å². The molecular weight excluding hydrogens is 358 g/mol. The van der Waals surface area contributed by atoms with Gasteiger partial charge in [0.25, 0.3) is 0 Å². The van der Waals surface area contributed by atoms with E-state index < -0.39 is 57.9 Å². The highest BCUT2D eigenvalue weighted by molar-refractivity contribution is 6.30. The van der Waals surface area contributed by atoms with Gasteiger partial charge in [-0.25, -0.2) is 17.6 Å². The standard InChI is InChI=1S/C18H12ClF4NO/c1-9(25)6-12(13(8-24)10-2-4-11(20)5-3-10)16-17(22)14(19)7-15(21)18(16)23/h2-5,7,12-13H,6H2,1H3. The van der Waals surface area contributed by atoms with Crippen LogP contribution in [0.3, 0.4) is 0 Å². The van der Waals surface area contributed by atoms with Crippen LogP contribution >= 0.6 is 11.6 Å². The van der Waals surface area contributed by atoms with Gasteiger partial charge in [0.2, 0.25) is 0 Å². The first kappa shape index (κ1) is 18.9. The monoisotopic (exact) mass is 369 g/mol. The van der Waals surface area contributed by atoms with Crippen LogP contribution in [0, 0.1) is 34.6 Å². The summed E-state index contributed by atoms with van der Waals surface area (Å²) >= 11 is 5.59. The van der Waals surface area contributed by atoms with E-state index in [2.05, 4.69) is 0 Å². The summed E-state index contributed by atoms with van der Waals surface area (Å²) in [6.45, 7) is 1.18. The molecule has 2 aromatic rings. The Balaban J connectivity index is 2.66. The van der Waals surface area contributed by atoms with E-state index in [1.165, 1.54) is 19.1 Å². The zero-order valence-electron chi connectivity index (χ0n) is 13.0. The number of carbonyl (C=O) groups excluding carboxylic acids is 1. The van der Waals surface area contributed by atoms with Crippen molar-refractivity contribution in [1.29, 1.82) is 5.26 Å². The summed E-state index contributed by atoms with van der Waals surface area (Å²) in [6.07, 6.45) is -0.413. The number of ketones is 1. The summed E-state index contributed by atoms with van der Waals surface area (Å²) in [7, 11) is 0. The van der Waals surface area contributed by atoms with Gasteiger partial charge in [0.05, 0.1) is 17.0 Å². The second kappa shape index (κ2) is 7.66. The van der Waals surface area contributed by atoms with Gasteiger partial charge in [0.1, 0.15) is 17.4 Å². The smallest absolute Gasteiger partial charge is 0.165 e. The molecule has 0 aliphatic rings. The molecule has 130 valence electrons. The predicted molar refractivity (Wildman–Crippen MR) is 84.1 cm³/mol. The topological polar surface area (TPSA) is 40.9 Å². The molecule has 0 bridgehead atoms. The largest absolute Gasteiger partial charge is 0.300 e. The summed E-state index contributed by atoms with van der Waals surface area (Å²) < 4.78 is 55.5. The number of nitrogens with zero attached hydrogens (tertiary/aromatic N) is 1. The van der Waals surface area contributed by atoms with E-state index in [-0.39, 0.29) is 5.56 Å². The number of carbonyl (C=O) groups is 1. The Hall–Kier alpha value is -2.39. The number of halogens is 5. The third-order valence-corrected chi connectivity index (χ3v) is 4.07. The summed E-state index contributed by atoms with van der Waals surface area (Å²) in [5, 5.41) is 8.83. The average Bonchev–Trinajstić information content (AvgIpc) is 2.55. The first-order valence-corrected chi connectivity index (χ1v) is 7.61. The van der Waals surface area contributed by atoms with Gasteiger partial charge in [-0.1, -0.05) is 23.7 Å². The normalized spacial score (nSPS) is 13.2. The molecule has 0 N–H and O–H groups in total. The summed E-state index contributed by atoms with van der Waals surface area (Å²) in [5.74, 6) is -7.65. The minimum absolute atomic E-state index is 0.245. The number of hydrogen-bond acceptors (Lipinski definition) is 2. The number of benzene rings is 2. The molecule has 0 saturated heterocycles. The van der Waals surface area contributed by atoms with Crippen molar-refractivity contribution in [2.45, 2.75) is 25.2 Å². The fraction of sp³-hybridized carbons (Fsp3) is 0.222. The lowest BCUT2D eigenvalue weighted by Crippen LogP contribution is -2.17. The van der Waals surface area contributed by atoms with Crippen LogP contribution in [0.4, 0.5) is 17.6 Å². The van der Waals surface area contributed by atoms with E-state index >= 15 is 0 Å². The Bertz CT molecular complexity index is 819. The Labute approximate surface area is 146 Å². The van der Waals surface area contributed by atoms with E-state index in [1.807, 2.05) is 6.07 Å². The van der Waals surface area contributed by atoms with Crippen molar-refractivity contribution < 1.29 is 22.4 Å². The molecule has 0 radical (unpaired) electrons. The maximum atomic E-state index is 14.4. The van der Waals surface area contributed by atoms with Gasteiger partial charge in [-0.15, -0.1) is 0 Å². The SMILES string of the molecule is CC(=O)CC(c1c(F)c(F)cc(Cl)c1F)C(C#N)c1ccc(F)cc1. The van der Waals surface area contributed by atoms with Crippen LogP contribution in [0.5, 0.6) is 0 Å². The molecule has 0 heterocycles. The highest BCUT2D eigenvalue weighted by Crippen LogP contribution is 2.40. The van der Waals surface area contributed by atoms with Crippen LogP contribution in [0.25, 0.3) is 0 Å². The molecule has 0 amide bonds. The van der Waals surface area contributed by atoms with Crippen molar-refractivity contribution in [1.82, 2.24) is 0 Å². The minimum Gasteiger partial charge on any atom is -0.300 e. The van der Waals surface area contributed by atoms with Gasteiger partial charge in [-0.05, 0) is 30.7 Å². The van der Waals surface area contributed by atoms with E-state index in [9.17, 15) is 27.6 Å². The second-order valence-electron chi connectivity index (χ2n) is 5.55. The molecular formula is C18H12ClF4NO. The maximum Gasteiger partial charge on any atom is 0.165 e. The molecule has 2 nitrogen and oxygen atoms in total. The zero-order valence-corrected chi connectivity index (χ0v) is 13.7. The number of hydrogen-bond donors (Lipinski definition) is 0. The molecule has 0 spiro atoms. The molecule has 2 unspecified atom stereocenters. The summed E-state index contributed by atoms with van der Waals surface area (Å²) in [4.78, 5) is 11.6. The van der Waals surface area contributed by atoms with E-state index in [0.717, 1.165) is 12.1 Å². The molecule has 0 aliphatic carbocycles. The van der Waals surface area contributed by atoms with Crippen molar-refractivity contribution in [3.05, 3.63) is 69.8 Å². The van der Waals surface area contributed by atoms with Crippen molar-refractivity contribution >= 4 is 17.4 Å². The molecule has 7 heteroatoms. The Morgan fingerprint density at radius 2 is 1.76 bits per heavy atom. The lowest BCUT2D eigenvalue weighted by molar-refractivity contribution is -0.117. The quantitative estimate of drug-likeness (QED) is 0.532. The summed E-state index contributed by atoms with van der Waals surface area (Å²) in [6, 6.07) is 7.05. The van der Waals surface area contributed by atoms with Gasteiger partial charge >= 0.3 is 0 Å². The van der Waals surface area contributed by atoms with Crippen molar-refractivity contribution in [3.63, 3.8) is 0 Å². The fourth-order valence-corrected chi connectivity index (χ4v) is 2.88. The molecule has 0 saturated carbocycles. The highest BCUT2D eigenvalue weighted by Gasteiger charge is 2.33. The van der Waals surface area contributed by atoms with Crippen molar-refractivity contribution in [2.24, 2.45) is 0 Å². The third kappa shape index (κ3) is 3.99. The number of nitriles is 1. The van der Waals surface area contributed by atoms with Gasteiger partial charge in [-0.3, -0.25) is 0 Å². The maximum absolute atomic E-state index is 14.4. The molecule has 0 aliphatic heterocycles. The van der Waals surface area contributed by atoms with E-state index in [4.69, 9.17) is 11.6 Å². The number of rotatable bonds is 5. The van der Waals surface area contributed by atoms with Gasteiger partial charge in [-0.2, -0.15) is 5.26 Å². The molecule has 25 heavy (non-hydrogen) atoms. The minimum atomic E-state index is -1.50. The van der Waals surface area contributed by atoms with Crippen molar-refractivity contribution in [2.75, 3.05) is 0 Å². The molecule has 2 aromatic carbocycles. The molecule has 2 rings (SSSR count). The van der Waals surface area contributed by atoms with Gasteiger partial charge in [0.15, 0.2) is 11.6 Å². The Kier molecular flexibility index (Phi) is 5.81. The fourth-order valence-electron chi connectivity index (χ4n) is 2.68. The Morgan fingerprint density at radius 1 is 1.16 bits per heavy atom. The van der Waals surface area contributed by atoms with Crippen LogP contribution < -0.4 is 0 Å². The first-order valence-electron chi connectivity index (χ1n) is 7.23. The van der Waals surface area contributed by atoms with Gasteiger partial charge < -0.3 is 4.79 Å². The molecule has 0 aromatic heterocycles. The van der Waals surface area contributed by atoms with Crippen LogP contribution in [-0.2, 0) is 4.79 Å². The van der Waals surface area contributed by atoms with Gasteiger partial charge in [0, 0.05) is 17.9 Å². The van der Waals surface area contributed by atoms with Crippen LogP contribution in [0.2, 0.25) is 5.02 Å². The lowest BCUT2D eigenvalue weighted by atomic mass is 9.79. The van der Waals surface area contributed by atoms with E-state index in [0.29, 0.717) is 6.07 Å². The first-order chi connectivity index (χ1) is 11.8. The number of Topliss-reactive ketones (excluding diaryl/α,β-unsaturated/α-hetero) is 1. The van der Waals surface area contributed by atoms with E-state index in [1.54, 1.807) is 0 Å². The second-order valence-corrected chi connectivity index (χ2v) is 5.96. The lowest BCUT2D eigenvalue weighted by Gasteiger charge is -2.23.